The van der Waals surface area contributed by atoms with Crippen LogP contribution in [0.15, 0.2) is 24.5 Å². The van der Waals surface area contributed by atoms with E-state index >= 15 is 0 Å². The lowest BCUT2D eigenvalue weighted by Gasteiger charge is -2.44. The van der Waals surface area contributed by atoms with Crippen LogP contribution in [-0.4, -0.2) is 67.3 Å². The number of rotatable bonds is 7. The molecule has 0 spiro atoms. The number of hydrogen-bond acceptors (Lipinski definition) is 8. The third-order valence-corrected chi connectivity index (χ3v) is 7.70. The molecule has 198 valence electrons. The van der Waals surface area contributed by atoms with Gasteiger partial charge in [0.25, 0.3) is 5.91 Å². The highest BCUT2D eigenvalue weighted by atomic mass is 16.5. The van der Waals surface area contributed by atoms with Crippen LogP contribution in [0.1, 0.15) is 62.2 Å². The van der Waals surface area contributed by atoms with Gasteiger partial charge in [-0.05, 0) is 38.2 Å². The Morgan fingerprint density at radius 3 is 2.57 bits per heavy atom. The van der Waals surface area contributed by atoms with Gasteiger partial charge in [0.05, 0.1) is 30.2 Å². The number of carbonyl (C=O) groups excluding carboxylic acids is 2. The first-order valence-corrected chi connectivity index (χ1v) is 13.3. The second kappa shape index (κ2) is 10.9. The fourth-order valence-corrected chi connectivity index (χ4v) is 5.66. The summed E-state index contributed by atoms with van der Waals surface area (Å²) < 4.78 is 10.9. The second-order valence-corrected chi connectivity index (χ2v) is 9.99. The molecule has 0 bridgehead atoms. The minimum Gasteiger partial charge on any atom is -0.493 e. The highest BCUT2D eigenvalue weighted by Gasteiger charge is 2.40. The van der Waals surface area contributed by atoms with Gasteiger partial charge < -0.3 is 29.9 Å². The number of fused-ring (bicyclic) bond motifs is 1. The van der Waals surface area contributed by atoms with Crippen LogP contribution in [0.2, 0.25) is 0 Å². The number of nitrogens with one attached hydrogen (secondary N) is 2. The van der Waals surface area contributed by atoms with Crippen LogP contribution in [0.3, 0.4) is 0 Å². The molecule has 2 fully saturated rings. The number of carbonyl (C=O) groups is 2. The molecule has 2 N–H and O–H groups in total. The summed E-state index contributed by atoms with van der Waals surface area (Å²) in [5.74, 6) is 1.45. The first-order valence-electron chi connectivity index (χ1n) is 13.3. The lowest BCUT2D eigenvalue weighted by molar-refractivity contribution is -0.120. The summed E-state index contributed by atoms with van der Waals surface area (Å²) in [7, 11) is 3.37. The molecule has 2 amide bonds. The summed E-state index contributed by atoms with van der Waals surface area (Å²) in [6.45, 7) is 3.38. The van der Waals surface area contributed by atoms with Crippen LogP contribution in [0.4, 0.5) is 23.0 Å². The zero-order chi connectivity index (χ0) is 25.9. The Balaban J connectivity index is 1.40. The Kier molecular flexibility index (Phi) is 7.45. The van der Waals surface area contributed by atoms with Crippen LogP contribution < -0.4 is 25.2 Å². The molecule has 1 atom stereocenters. The molecular formula is C27H36N6O4. The van der Waals surface area contributed by atoms with Crippen molar-refractivity contribution < 1.29 is 19.1 Å². The molecule has 10 nitrogen and oxygen atoms in total. The SMILES string of the molecule is CC[C@@H]1C(=O)N(C)c2cnc(Nc3ncc(C(=O)NC4CCOCC4)cc3OC)cc2N1C1CCCC1. The van der Waals surface area contributed by atoms with Crippen LogP contribution in [0.5, 0.6) is 5.75 Å². The highest BCUT2D eigenvalue weighted by Crippen LogP contribution is 2.42. The Bertz CT molecular complexity index is 1150. The summed E-state index contributed by atoms with van der Waals surface area (Å²) >= 11 is 0. The molecule has 2 aromatic rings. The van der Waals surface area contributed by atoms with Gasteiger partial charge in [-0.25, -0.2) is 9.97 Å². The number of likely N-dealkylation sites (N-methyl/N-ethyl adjacent to an activating group) is 1. The molecule has 2 aromatic heterocycles. The average Bonchev–Trinajstić information content (AvgIpc) is 3.46. The van der Waals surface area contributed by atoms with Crippen molar-refractivity contribution >= 4 is 34.8 Å². The number of amides is 2. The molecular weight excluding hydrogens is 472 g/mol. The van der Waals surface area contributed by atoms with E-state index in [-0.39, 0.29) is 23.9 Å². The maximum Gasteiger partial charge on any atom is 0.253 e. The number of aromatic nitrogens is 2. The van der Waals surface area contributed by atoms with E-state index in [1.54, 1.807) is 30.5 Å². The molecule has 10 heteroatoms. The second-order valence-electron chi connectivity index (χ2n) is 9.99. The summed E-state index contributed by atoms with van der Waals surface area (Å²) in [6.07, 6.45) is 10.2. The van der Waals surface area contributed by atoms with Crippen molar-refractivity contribution in [3.63, 3.8) is 0 Å². The van der Waals surface area contributed by atoms with Gasteiger partial charge in [0.15, 0.2) is 11.6 Å². The molecule has 37 heavy (non-hydrogen) atoms. The van der Waals surface area contributed by atoms with Crippen LogP contribution >= 0.6 is 0 Å². The van der Waals surface area contributed by atoms with E-state index in [4.69, 9.17) is 9.47 Å². The van der Waals surface area contributed by atoms with Crippen molar-refractivity contribution in [1.29, 1.82) is 0 Å². The molecule has 3 aliphatic rings. The topological polar surface area (TPSA) is 109 Å². The average molecular weight is 509 g/mol. The van der Waals surface area contributed by atoms with Crippen LogP contribution in [0.25, 0.3) is 0 Å². The number of hydrogen-bond donors (Lipinski definition) is 2. The zero-order valence-electron chi connectivity index (χ0n) is 21.8. The fraction of sp³-hybridized carbons (Fsp3) is 0.556. The standard InChI is InChI=1S/C27H36N6O4/c1-4-20-27(35)32(2)22-16-28-24(14-21(22)33(20)19-7-5-6-8-19)31-25-23(36-3)13-17(15-29-25)26(34)30-18-9-11-37-12-10-18/h13-16,18-20H,4-12H2,1-3H3,(H,30,34)(H,28,29,31)/t20-/m1/s1. The Hall–Kier alpha value is -3.40. The summed E-state index contributed by atoms with van der Waals surface area (Å²) in [5.41, 5.74) is 2.25. The predicted octanol–water partition coefficient (Wildman–Crippen LogP) is 3.64. The van der Waals surface area contributed by atoms with E-state index in [1.807, 2.05) is 13.1 Å². The lowest BCUT2D eigenvalue weighted by atomic mass is 10.0. The van der Waals surface area contributed by atoms with E-state index < -0.39 is 0 Å². The molecule has 4 heterocycles. The maximum absolute atomic E-state index is 13.1. The van der Waals surface area contributed by atoms with E-state index in [0.717, 1.165) is 43.5 Å². The molecule has 0 radical (unpaired) electrons. The van der Waals surface area contributed by atoms with Crippen molar-refractivity contribution in [3.8, 4) is 5.75 Å². The fourth-order valence-electron chi connectivity index (χ4n) is 5.66. The summed E-state index contributed by atoms with van der Waals surface area (Å²) in [4.78, 5) is 39.0. The van der Waals surface area contributed by atoms with Crippen molar-refractivity contribution in [2.75, 3.05) is 42.5 Å². The third kappa shape index (κ3) is 5.07. The third-order valence-electron chi connectivity index (χ3n) is 7.70. The van der Waals surface area contributed by atoms with E-state index in [9.17, 15) is 9.59 Å². The van der Waals surface area contributed by atoms with Gasteiger partial charge in [-0.15, -0.1) is 0 Å². The van der Waals surface area contributed by atoms with Crippen molar-refractivity contribution in [1.82, 2.24) is 15.3 Å². The Labute approximate surface area is 217 Å². The number of methoxy groups -OCH3 is 1. The molecule has 5 rings (SSSR count). The zero-order valence-corrected chi connectivity index (χ0v) is 21.8. The van der Waals surface area contributed by atoms with Crippen LogP contribution in [0, 0.1) is 0 Å². The summed E-state index contributed by atoms with van der Waals surface area (Å²) in [5, 5.41) is 6.32. The smallest absolute Gasteiger partial charge is 0.253 e. The van der Waals surface area contributed by atoms with Crippen LogP contribution in [-0.2, 0) is 9.53 Å². The van der Waals surface area contributed by atoms with Gasteiger partial charge in [-0.3, -0.25) is 9.59 Å². The minimum absolute atomic E-state index is 0.101. The number of pyridine rings is 2. The molecule has 1 saturated heterocycles. The van der Waals surface area contributed by atoms with Gasteiger partial charge in [0.1, 0.15) is 11.9 Å². The number of ether oxygens (including phenoxy) is 2. The summed E-state index contributed by atoms with van der Waals surface area (Å²) in [6, 6.07) is 3.94. The monoisotopic (exact) mass is 508 g/mol. The van der Waals surface area contributed by atoms with E-state index in [1.165, 1.54) is 12.8 Å². The Morgan fingerprint density at radius 2 is 1.86 bits per heavy atom. The van der Waals surface area contributed by atoms with Crippen molar-refractivity contribution in [2.45, 2.75) is 70.0 Å². The minimum atomic E-state index is -0.183. The van der Waals surface area contributed by atoms with Crippen molar-refractivity contribution in [3.05, 3.63) is 30.1 Å². The van der Waals surface area contributed by atoms with Crippen molar-refractivity contribution in [2.24, 2.45) is 0 Å². The predicted molar refractivity (Wildman–Crippen MR) is 142 cm³/mol. The molecule has 0 aromatic carbocycles. The molecule has 1 saturated carbocycles. The molecule has 1 aliphatic carbocycles. The number of nitrogens with zero attached hydrogens (tertiary/aromatic N) is 4. The lowest BCUT2D eigenvalue weighted by Crippen LogP contribution is -2.55. The van der Waals surface area contributed by atoms with Gasteiger partial charge in [-0.1, -0.05) is 19.8 Å². The normalized spacial score (nSPS) is 20.6. The van der Waals surface area contributed by atoms with Gasteiger partial charge >= 0.3 is 0 Å². The highest BCUT2D eigenvalue weighted by molar-refractivity contribution is 6.05. The molecule has 0 unspecified atom stereocenters. The first kappa shape index (κ1) is 25.3. The van der Waals surface area contributed by atoms with Gasteiger partial charge in [0.2, 0.25) is 5.91 Å². The Morgan fingerprint density at radius 1 is 1.11 bits per heavy atom. The number of anilines is 4. The van der Waals surface area contributed by atoms with E-state index in [0.29, 0.717) is 42.2 Å². The van der Waals surface area contributed by atoms with Gasteiger partial charge in [-0.2, -0.15) is 0 Å². The molecule has 2 aliphatic heterocycles. The van der Waals surface area contributed by atoms with E-state index in [2.05, 4.69) is 32.4 Å². The maximum atomic E-state index is 13.1. The first-order chi connectivity index (χ1) is 18.0. The quantitative estimate of drug-likeness (QED) is 0.584. The van der Waals surface area contributed by atoms with Gasteiger partial charge in [0, 0.05) is 44.6 Å². The largest absolute Gasteiger partial charge is 0.493 e.